The molecule has 1 atom stereocenters. The molecule has 0 spiro atoms. The van der Waals surface area contributed by atoms with Crippen LogP contribution in [0.25, 0.3) is 16.8 Å². The Hall–Kier alpha value is -1.56. The summed E-state index contributed by atoms with van der Waals surface area (Å²) in [5, 5.41) is 2.73. The first-order chi connectivity index (χ1) is 7.74. The van der Waals surface area contributed by atoms with Crippen LogP contribution in [-0.2, 0) is 0 Å². The number of allylic oxidation sites excluding steroid dienone is 1. The summed E-state index contributed by atoms with van der Waals surface area (Å²) in [5.41, 5.74) is 4.23. The molecule has 0 bridgehead atoms. The van der Waals surface area contributed by atoms with Crippen molar-refractivity contribution >= 4 is 16.8 Å². The molecular formula is C17H20. The second kappa shape index (κ2) is 4.37. The van der Waals surface area contributed by atoms with Gasteiger partial charge in [0.05, 0.1) is 0 Å². The third-order valence-corrected chi connectivity index (χ3v) is 3.52. The van der Waals surface area contributed by atoms with Crippen LogP contribution < -0.4 is 0 Å². The quantitative estimate of drug-likeness (QED) is 0.569. The Labute approximate surface area is 104 Å². The highest BCUT2D eigenvalue weighted by Crippen LogP contribution is 2.32. The van der Waals surface area contributed by atoms with Crippen molar-refractivity contribution in [2.75, 3.05) is 0 Å². The van der Waals surface area contributed by atoms with Gasteiger partial charge in [0.2, 0.25) is 0 Å². The summed E-state index contributed by atoms with van der Waals surface area (Å²) in [6.07, 6.45) is 5.72. The minimum Gasteiger partial charge on any atom is -0.0833 e. The molecule has 2 aromatic carbocycles. The van der Waals surface area contributed by atoms with Crippen molar-refractivity contribution in [2.45, 2.75) is 33.6 Å². The van der Waals surface area contributed by atoms with Gasteiger partial charge in [-0.25, -0.2) is 0 Å². The van der Waals surface area contributed by atoms with Crippen molar-refractivity contribution in [3.63, 3.8) is 0 Å². The molecule has 0 amide bonds. The first-order valence-electron chi connectivity index (χ1n) is 5.95. The molecule has 3 rings (SSSR count). The highest BCUT2D eigenvalue weighted by molar-refractivity contribution is 5.87. The van der Waals surface area contributed by atoms with E-state index < -0.39 is 0 Å². The van der Waals surface area contributed by atoms with E-state index in [0.717, 1.165) is 0 Å². The molecule has 1 aliphatic rings. The zero-order valence-corrected chi connectivity index (χ0v) is 9.83. The van der Waals surface area contributed by atoms with Crippen LogP contribution in [0.4, 0.5) is 0 Å². The third kappa shape index (κ3) is 2.00. The van der Waals surface area contributed by atoms with E-state index in [0.29, 0.717) is 5.92 Å². The summed E-state index contributed by atoms with van der Waals surface area (Å²) in [5.74, 6) is 0.658. The lowest BCUT2D eigenvalue weighted by Crippen LogP contribution is -1.99. The van der Waals surface area contributed by atoms with Gasteiger partial charge < -0.3 is 0 Å². The SMILES string of the molecule is C.Cc1ccc2cc3c(cc2c1)C=CC[C@@H]3C. The summed E-state index contributed by atoms with van der Waals surface area (Å²) < 4.78 is 0. The molecule has 0 heterocycles. The summed E-state index contributed by atoms with van der Waals surface area (Å²) in [6.45, 7) is 4.46. The van der Waals surface area contributed by atoms with E-state index in [2.05, 4.69) is 56.3 Å². The Morgan fingerprint density at radius 1 is 1.06 bits per heavy atom. The second-order valence-electron chi connectivity index (χ2n) is 4.87. The highest BCUT2D eigenvalue weighted by Gasteiger charge is 2.12. The topological polar surface area (TPSA) is 0 Å². The molecule has 88 valence electrons. The van der Waals surface area contributed by atoms with Gasteiger partial charge in [-0.1, -0.05) is 56.3 Å². The Kier molecular flexibility index (Phi) is 3.06. The average Bonchev–Trinajstić information content (AvgIpc) is 2.27. The molecule has 0 N–H and O–H groups in total. The maximum atomic E-state index is 2.36. The van der Waals surface area contributed by atoms with Gasteiger partial charge in [0.25, 0.3) is 0 Å². The van der Waals surface area contributed by atoms with E-state index in [1.807, 2.05) is 0 Å². The van der Waals surface area contributed by atoms with Crippen molar-refractivity contribution < 1.29 is 0 Å². The van der Waals surface area contributed by atoms with Crippen LogP contribution in [0.15, 0.2) is 36.4 Å². The van der Waals surface area contributed by atoms with Gasteiger partial charge in [-0.15, -0.1) is 0 Å². The number of rotatable bonds is 0. The largest absolute Gasteiger partial charge is 0.0833 e. The van der Waals surface area contributed by atoms with Crippen molar-refractivity contribution in [2.24, 2.45) is 0 Å². The Morgan fingerprint density at radius 3 is 2.71 bits per heavy atom. The molecule has 1 aliphatic carbocycles. The zero-order chi connectivity index (χ0) is 11.1. The first-order valence-corrected chi connectivity index (χ1v) is 5.95. The molecule has 0 nitrogen and oxygen atoms in total. The maximum absolute atomic E-state index is 2.36. The molecule has 0 heteroatoms. The number of fused-ring (bicyclic) bond motifs is 2. The molecule has 17 heavy (non-hydrogen) atoms. The minimum absolute atomic E-state index is 0. The monoisotopic (exact) mass is 224 g/mol. The number of aryl methyl sites for hydroxylation is 1. The van der Waals surface area contributed by atoms with Gasteiger partial charge >= 0.3 is 0 Å². The van der Waals surface area contributed by atoms with Crippen LogP contribution in [-0.4, -0.2) is 0 Å². The van der Waals surface area contributed by atoms with E-state index in [4.69, 9.17) is 0 Å². The van der Waals surface area contributed by atoms with Gasteiger partial charge in [-0.2, -0.15) is 0 Å². The lowest BCUT2D eigenvalue weighted by Gasteiger charge is -2.18. The first kappa shape index (κ1) is 11.9. The Bertz CT molecular complexity index is 576. The van der Waals surface area contributed by atoms with Crippen LogP contribution >= 0.6 is 0 Å². The predicted octanol–water partition coefficient (Wildman–Crippen LogP) is 5.30. The maximum Gasteiger partial charge on any atom is -0.0150 e. The number of benzene rings is 2. The summed E-state index contributed by atoms with van der Waals surface area (Å²) in [4.78, 5) is 0. The minimum atomic E-state index is 0. The van der Waals surface area contributed by atoms with E-state index in [-0.39, 0.29) is 7.43 Å². The molecule has 0 saturated heterocycles. The summed E-state index contributed by atoms with van der Waals surface area (Å²) in [6, 6.07) is 11.4. The average molecular weight is 224 g/mol. The van der Waals surface area contributed by atoms with Gasteiger partial charge in [-0.05, 0) is 47.2 Å². The normalized spacial score (nSPS) is 17.6. The van der Waals surface area contributed by atoms with Crippen LogP contribution in [0.5, 0.6) is 0 Å². The van der Waals surface area contributed by atoms with E-state index in [1.54, 1.807) is 0 Å². The number of hydrogen-bond acceptors (Lipinski definition) is 0. The van der Waals surface area contributed by atoms with Crippen molar-refractivity contribution in [3.8, 4) is 0 Å². The molecule has 0 unspecified atom stereocenters. The molecule has 0 saturated carbocycles. The van der Waals surface area contributed by atoms with Crippen LogP contribution in [0.3, 0.4) is 0 Å². The van der Waals surface area contributed by atoms with Gasteiger partial charge in [0.15, 0.2) is 0 Å². The fraction of sp³-hybridized carbons (Fsp3) is 0.294. The molecule has 0 aliphatic heterocycles. The zero-order valence-electron chi connectivity index (χ0n) is 9.83. The summed E-state index contributed by atoms with van der Waals surface area (Å²) >= 11 is 0. The fourth-order valence-corrected chi connectivity index (χ4v) is 2.55. The van der Waals surface area contributed by atoms with Gasteiger partial charge in [0.1, 0.15) is 0 Å². The van der Waals surface area contributed by atoms with Crippen LogP contribution in [0.2, 0.25) is 0 Å². The second-order valence-corrected chi connectivity index (χ2v) is 4.87. The lowest BCUT2D eigenvalue weighted by atomic mass is 9.86. The lowest BCUT2D eigenvalue weighted by molar-refractivity contribution is 0.773. The fourth-order valence-electron chi connectivity index (χ4n) is 2.55. The van der Waals surface area contributed by atoms with E-state index >= 15 is 0 Å². The Balaban J connectivity index is 0.00000108. The molecular weight excluding hydrogens is 204 g/mol. The smallest absolute Gasteiger partial charge is 0.0150 e. The highest BCUT2D eigenvalue weighted by atomic mass is 14.2. The van der Waals surface area contributed by atoms with Crippen molar-refractivity contribution in [3.05, 3.63) is 53.1 Å². The molecule has 0 radical (unpaired) electrons. The standard InChI is InChI=1S/C16H16.CH4/c1-11-6-7-13-10-16-12(2)4-3-5-14(16)9-15(13)8-11;/h3,5-10,12H,4H2,1-2H3;1H4/t12-;/m0./s1. The van der Waals surface area contributed by atoms with E-state index in [9.17, 15) is 0 Å². The van der Waals surface area contributed by atoms with Gasteiger partial charge in [0, 0.05) is 0 Å². The van der Waals surface area contributed by atoms with Crippen LogP contribution in [0, 0.1) is 6.92 Å². The molecule has 0 fully saturated rings. The van der Waals surface area contributed by atoms with E-state index in [1.165, 1.54) is 33.9 Å². The van der Waals surface area contributed by atoms with Gasteiger partial charge in [-0.3, -0.25) is 0 Å². The Morgan fingerprint density at radius 2 is 1.88 bits per heavy atom. The van der Waals surface area contributed by atoms with Crippen molar-refractivity contribution in [1.29, 1.82) is 0 Å². The third-order valence-electron chi connectivity index (χ3n) is 3.52. The molecule has 2 aromatic rings. The summed E-state index contributed by atoms with van der Waals surface area (Å²) in [7, 11) is 0. The van der Waals surface area contributed by atoms with Crippen LogP contribution in [0.1, 0.15) is 43.4 Å². The number of hydrogen-bond donors (Lipinski definition) is 0. The predicted molar refractivity (Wildman–Crippen MR) is 77.5 cm³/mol. The molecule has 0 aromatic heterocycles. The van der Waals surface area contributed by atoms with Crippen molar-refractivity contribution in [1.82, 2.24) is 0 Å².